The molecule has 0 aliphatic carbocycles. The van der Waals surface area contributed by atoms with Gasteiger partial charge < -0.3 is 0 Å². The van der Waals surface area contributed by atoms with Crippen LogP contribution in [0.25, 0.3) is 0 Å². The molecule has 3 nitrogen and oxygen atoms in total. The van der Waals surface area contributed by atoms with E-state index in [4.69, 9.17) is 10.7 Å². The molecular formula is C12H16ClNO2S. The van der Waals surface area contributed by atoms with Crippen LogP contribution in [0.1, 0.15) is 23.6 Å². The van der Waals surface area contributed by atoms with E-state index in [1.165, 1.54) is 5.56 Å². The van der Waals surface area contributed by atoms with Gasteiger partial charge in [-0.2, -0.15) is 0 Å². The maximum Gasteiger partial charge on any atom is 0.236 e. The van der Waals surface area contributed by atoms with Gasteiger partial charge in [0.25, 0.3) is 0 Å². The van der Waals surface area contributed by atoms with Gasteiger partial charge >= 0.3 is 0 Å². The molecule has 2 rings (SSSR count). The summed E-state index contributed by atoms with van der Waals surface area (Å²) in [5.74, 6) is -0.0741. The van der Waals surface area contributed by atoms with Gasteiger partial charge in [0.15, 0.2) is 0 Å². The second kappa shape index (κ2) is 4.96. The van der Waals surface area contributed by atoms with Crippen molar-refractivity contribution in [1.29, 1.82) is 0 Å². The average molecular weight is 274 g/mol. The predicted molar refractivity (Wildman–Crippen MR) is 69.6 cm³/mol. The second-order valence-electron chi connectivity index (χ2n) is 4.36. The van der Waals surface area contributed by atoms with E-state index >= 15 is 0 Å². The summed E-state index contributed by atoms with van der Waals surface area (Å²) in [4.78, 5) is 2.31. The van der Waals surface area contributed by atoms with Gasteiger partial charge in [-0.3, -0.25) is 4.90 Å². The molecule has 0 amide bonds. The van der Waals surface area contributed by atoms with Crippen molar-refractivity contribution in [3.63, 3.8) is 0 Å². The first-order valence-electron chi connectivity index (χ1n) is 5.74. The van der Waals surface area contributed by atoms with Crippen LogP contribution in [0.3, 0.4) is 0 Å². The predicted octanol–water partition coefficient (Wildman–Crippen LogP) is 2.13. The van der Waals surface area contributed by atoms with Crippen LogP contribution in [0.5, 0.6) is 0 Å². The van der Waals surface area contributed by atoms with E-state index in [2.05, 4.69) is 17.9 Å². The standard InChI is InChI=1S/C12H16ClNO2S/c1-2-14-7-6-10-4-3-5-11(12(10)8-14)9-17(13,15)16/h3-5H,2,6-9H2,1H3. The van der Waals surface area contributed by atoms with E-state index in [1.54, 1.807) is 0 Å². The van der Waals surface area contributed by atoms with Crippen molar-refractivity contribution in [3.8, 4) is 0 Å². The monoisotopic (exact) mass is 273 g/mol. The lowest BCUT2D eigenvalue weighted by atomic mass is 9.95. The van der Waals surface area contributed by atoms with Crippen molar-refractivity contribution < 1.29 is 8.42 Å². The third-order valence-corrected chi connectivity index (χ3v) is 4.21. The lowest BCUT2D eigenvalue weighted by Gasteiger charge is -2.29. The van der Waals surface area contributed by atoms with Gasteiger partial charge in [0.2, 0.25) is 9.05 Å². The Hall–Kier alpha value is -0.580. The number of hydrogen-bond donors (Lipinski definition) is 0. The molecule has 5 heteroatoms. The Morgan fingerprint density at radius 3 is 2.82 bits per heavy atom. The van der Waals surface area contributed by atoms with E-state index in [9.17, 15) is 8.42 Å². The molecule has 0 spiro atoms. The maximum absolute atomic E-state index is 11.2. The van der Waals surface area contributed by atoms with E-state index in [-0.39, 0.29) is 5.75 Å². The Labute approximate surface area is 107 Å². The molecule has 0 unspecified atom stereocenters. The van der Waals surface area contributed by atoms with Crippen LogP contribution in [0, 0.1) is 0 Å². The summed E-state index contributed by atoms with van der Waals surface area (Å²) >= 11 is 0. The van der Waals surface area contributed by atoms with Crippen molar-refractivity contribution in [1.82, 2.24) is 4.90 Å². The van der Waals surface area contributed by atoms with Crippen LogP contribution in [0.2, 0.25) is 0 Å². The highest BCUT2D eigenvalue weighted by Crippen LogP contribution is 2.24. The maximum atomic E-state index is 11.2. The number of rotatable bonds is 3. The van der Waals surface area contributed by atoms with E-state index in [0.29, 0.717) is 0 Å². The molecule has 1 aliphatic heterocycles. The average Bonchev–Trinajstić information content (AvgIpc) is 2.27. The van der Waals surface area contributed by atoms with Crippen LogP contribution in [-0.4, -0.2) is 26.4 Å². The highest BCUT2D eigenvalue weighted by molar-refractivity contribution is 8.13. The molecule has 0 atom stereocenters. The smallest absolute Gasteiger partial charge is 0.236 e. The Morgan fingerprint density at radius 2 is 2.18 bits per heavy atom. The van der Waals surface area contributed by atoms with Gasteiger partial charge in [-0.25, -0.2) is 8.42 Å². The quantitative estimate of drug-likeness (QED) is 0.792. The van der Waals surface area contributed by atoms with Crippen molar-refractivity contribution in [3.05, 3.63) is 34.9 Å². The second-order valence-corrected chi connectivity index (χ2v) is 7.13. The highest BCUT2D eigenvalue weighted by Gasteiger charge is 2.19. The molecule has 1 aliphatic rings. The first-order valence-corrected chi connectivity index (χ1v) is 8.22. The largest absolute Gasteiger partial charge is 0.299 e. The Morgan fingerprint density at radius 1 is 1.41 bits per heavy atom. The van der Waals surface area contributed by atoms with Crippen molar-refractivity contribution in [2.24, 2.45) is 0 Å². The van der Waals surface area contributed by atoms with Crippen LogP contribution < -0.4 is 0 Å². The summed E-state index contributed by atoms with van der Waals surface area (Å²) in [7, 11) is 1.86. The third kappa shape index (κ3) is 3.21. The summed E-state index contributed by atoms with van der Waals surface area (Å²) in [6.07, 6.45) is 0.985. The molecular weight excluding hydrogens is 258 g/mol. The molecule has 0 bridgehead atoms. The fourth-order valence-electron chi connectivity index (χ4n) is 2.30. The van der Waals surface area contributed by atoms with Crippen molar-refractivity contribution in [2.45, 2.75) is 25.6 Å². The molecule has 94 valence electrons. The topological polar surface area (TPSA) is 37.4 Å². The molecule has 0 radical (unpaired) electrons. The van der Waals surface area contributed by atoms with Gasteiger partial charge in [-0.05, 0) is 29.7 Å². The Bertz CT molecular complexity index is 513. The SMILES string of the molecule is CCN1CCc2cccc(CS(=O)(=O)Cl)c2C1. The molecule has 0 fully saturated rings. The van der Waals surface area contributed by atoms with Crippen molar-refractivity contribution >= 4 is 19.7 Å². The number of benzene rings is 1. The Kier molecular flexibility index (Phi) is 3.76. The van der Waals surface area contributed by atoms with E-state index < -0.39 is 9.05 Å². The fourth-order valence-corrected chi connectivity index (χ4v) is 3.29. The Balaban J connectivity index is 2.35. The number of likely N-dealkylation sites (N-methyl/N-ethyl adjacent to an activating group) is 1. The third-order valence-electron chi connectivity index (χ3n) is 3.22. The lowest BCUT2D eigenvalue weighted by Crippen LogP contribution is -2.31. The molecule has 1 heterocycles. The normalized spacial score (nSPS) is 16.8. The number of fused-ring (bicyclic) bond motifs is 1. The van der Waals surface area contributed by atoms with Crippen LogP contribution >= 0.6 is 10.7 Å². The summed E-state index contributed by atoms with van der Waals surface area (Å²) in [6, 6.07) is 5.85. The van der Waals surface area contributed by atoms with E-state index in [1.807, 2.05) is 12.1 Å². The van der Waals surface area contributed by atoms with Crippen LogP contribution in [0.4, 0.5) is 0 Å². The number of halogens is 1. The van der Waals surface area contributed by atoms with Gasteiger partial charge in [0.1, 0.15) is 0 Å². The molecule has 0 aromatic heterocycles. The van der Waals surface area contributed by atoms with Gasteiger partial charge in [0, 0.05) is 23.8 Å². The van der Waals surface area contributed by atoms with Crippen LogP contribution in [-0.2, 0) is 27.8 Å². The van der Waals surface area contributed by atoms with E-state index in [0.717, 1.165) is 37.2 Å². The lowest BCUT2D eigenvalue weighted by molar-refractivity contribution is 0.267. The van der Waals surface area contributed by atoms with Gasteiger partial charge in [-0.1, -0.05) is 25.1 Å². The summed E-state index contributed by atoms with van der Waals surface area (Å²) in [5.41, 5.74) is 3.24. The van der Waals surface area contributed by atoms with Gasteiger partial charge in [-0.15, -0.1) is 0 Å². The molecule has 17 heavy (non-hydrogen) atoms. The summed E-state index contributed by atoms with van der Waals surface area (Å²) in [5, 5.41) is 0. The first-order chi connectivity index (χ1) is 7.99. The molecule has 0 saturated carbocycles. The molecule has 1 aromatic carbocycles. The molecule has 0 N–H and O–H groups in total. The molecule has 0 saturated heterocycles. The number of nitrogens with zero attached hydrogens (tertiary/aromatic N) is 1. The zero-order valence-electron chi connectivity index (χ0n) is 9.82. The van der Waals surface area contributed by atoms with Crippen LogP contribution in [0.15, 0.2) is 18.2 Å². The van der Waals surface area contributed by atoms with Gasteiger partial charge in [0.05, 0.1) is 5.75 Å². The summed E-state index contributed by atoms with van der Waals surface area (Å²) in [6.45, 7) is 4.97. The number of hydrogen-bond acceptors (Lipinski definition) is 3. The minimum Gasteiger partial charge on any atom is -0.299 e. The zero-order valence-corrected chi connectivity index (χ0v) is 11.4. The minimum absolute atomic E-state index is 0.0741. The zero-order chi connectivity index (χ0) is 12.5. The fraction of sp³-hybridized carbons (Fsp3) is 0.500. The minimum atomic E-state index is -3.48. The first kappa shape index (κ1) is 12.9. The molecule has 1 aromatic rings. The summed E-state index contributed by atoms with van der Waals surface area (Å²) < 4.78 is 22.4. The van der Waals surface area contributed by atoms with Crippen molar-refractivity contribution in [2.75, 3.05) is 13.1 Å². The highest BCUT2D eigenvalue weighted by atomic mass is 35.7.